The van der Waals surface area contributed by atoms with Crippen LogP contribution in [-0.2, 0) is 14.3 Å². The van der Waals surface area contributed by atoms with E-state index < -0.39 is 11.7 Å². The molecule has 5 rings (SSSR count). The van der Waals surface area contributed by atoms with Gasteiger partial charge in [-0.15, -0.1) is 0 Å². The molecule has 3 aliphatic rings. The molecule has 8 nitrogen and oxygen atoms in total. The number of phenols is 1. The molecule has 0 radical (unpaired) electrons. The van der Waals surface area contributed by atoms with Crippen LogP contribution in [0.15, 0.2) is 54.6 Å². The lowest BCUT2D eigenvalue weighted by atomic mass is 9.83. The van der Waals surface area contributed by atoms with Crippen LogP contribution in [0.5, 0.6) is 5.75 Å². The number of hydrogen-bond acceptors (Lipinski definition) is 6. The average molecular weight is 578 g/mol. The Morgan fingerprint density at radius 1 is 1.00 bits per heavy atom. The molecule has 3 fully saturated rings. The molecule has 0 unspecified atom stereocenters. The lowest BCUT2D eigenvalue weighted by molar-refractivity contribution is -0.938. The number of phenolic OH excluding ortho intramolecular Hbond substituents is 1. The molecule has 2 aromatic carbocycles. The van der Waals surface area contributed by atoms with Gasteiger partial charge in [0.05, 0.1) is 18.7 Å². The Balaban J connectivity index is 0.000000280. The van der Waals surface area contributed by atoms with Crippen LogP contribution in [-0.4, -0.2) is 65.3 Å². The van der Waals surface area contributed by atoms with Gasteiger partial charge in [-0.25, -0.2) is 4.79 Å². The number of fused-ring (bicyclic) bond motifs is 3. The first kappa shape index (κ1) is 30.3. The van der Waals surface area contributed by atoms with Crippen molar-refractivity contribution >= 4 is 23.5 Å². The minimum absolute atomic E-state index is 0. The predicted octanol–water partition coefficient (Wildman–Crippen LogP) is 1.78. The van der Waals surface area contributed by atoms with E-state index in [1.807, 2.05) is 51.1 Å². The SMILES string of the molecule is CC(=O)O[C@H]1C[N+]2(CC(=O)c3ccccc3O)CCC1CC2.CC(C)(C)OC(=O)Nc1ccccc1.[Br-]. The van der Waals surface area contributed by atoms with Crippen molar-refractivity contribution in [3.8, 4) is 5.75 Å². The van der Waals surface area contributed by atoms with E-state index in [0.29, 0.717) is 29.1 Å². The lowest BCUT2D eigenvalue weighted by Crippen LogP contribution is -3.00. The van der Waals surface area contributed by atoms with E-state index >= 15 is 0 Å². The van der Waals surface area contributed by atoms with Gasteiger partial charge >= 0.3 is 12.1 Å². The second-order valence-electron chi connectivity index (χ2n) is 10.5. The molecule has 0 saturated carbocycles. The van der Waals surface area contributed by atoms with Crippen molar-refractivity contribution in [1.82, 2.24) is 0 Å². The summed E-state index contributed by atoms with van der Waals surface area (Å²) in [5.74, 6) is 0.183. The van der Waals surface area contributed by atoms with Gasteiger partial charge in [0.1, 0.15) is 24.4 Å². The zero-order valence-corrected chi connectivity index (χ0v) is 23.5. The van der Waals surface area contributed by atoms with Gasteiger partial charge in [-0.05, 0) is 45.0 Å². The highest BCUT2D eigenvalue weighted by atomic mass is 79.9. The van der Waals surface area contributed by atoms with Crippen LogP contribution in [0.4, 0.5) is 10.5 Å². The first-order chi connectivity index (χ1) is 17.0. The topological polar surface area (TPSA) is 102 Å². The highest BCUT2D eigenvalue weighted by Gasteiger charge is 2.48. The zero-order chi connectivity index (χ0) is 26.3. The molecular formula is C28H37BrN2O6. The third-order valence-corrected chi connectivity index (χ3v) is 6.46. The number of halogens is 1. The van der Waals surface area contributed by atoms with Gasteiger partial charge in [0.15, 0.2) is 6.10 Å². The van der Waals surface area contributed by atoms with Crippen LogP contribution in [0.2, 0.25) is 0 Å². The predicted molar refractivity (Wildman–Crippen MR) is 137 cm³/mol. The third-order valence-electron chi connectivity index (χ3n) is 6.46. The number of carbonyl (C=O) groups excluding carboxylic acids is 3. The van der Waals surface area contributed by atoms with E-state index in [1.54, 1.807) is 18.2 Å². The molecule has 202 valence electrons. The molecule has 1 atom stereocenters. The molecule has 2 aromatic rings. The number of Topliss-reactive ketones (excluding diaryl/α,β-unsaturated/α-hetero) is 1. The van der Waals surface area contributed by atoms with Crippen LogP contribution in [0.3, 0.4) is 0 Å². The monoisotopic (exact) mass is 576 g/mol. The summed E-state index contributed by atoms with van der Waals surface area (Å²) in [6, 6.07) is 15.9. The minimum atomic E-state index is -0.459. The minimum Gasteiger partial charge on any atom is -1.00 e. The van der Waals surface area contributed by atoms with Crippen LogP contribution in [0.25, 0.3) is 0 Å². The Bertz CT molecular complexity index is 1060. The molecule has 3 heterocycles. The van der Waals surface area contributed by atoms with Gasteiger partial charge in [-0.3, -0.25) is 14.9 Å². The highest BCUT2D eigenvalue weighted by Crippen LogP contribution is 2.36. The van der Waals surface area contributed by atoms with Gasteiger partial charge in [-0.1, -0.05) is 30.3 Å². The second kappa shape index (κ2) is 13.1. The van der Waals surface area contributed by atoms with E-state index in [9.17, 15) is 19.5 Å². The van der Waals surface area contributed by atoms with E-state index in [0.717, 1.165) is 31.6 Å². The average Bonchev–Trinajstić information content (AvgIpc) is 2.79. The highest BCUT2D eigenvalue weighted by molar-refractivity contribution is 5.99. The smallest absolute Gasteiger partial charge is 0.412 e. The number of esters is 1. The number of nitrogens with zero attached hydrogens (tertiary/aromatic N) is 1. The van der Waals surface area contributed by atoms with Gasteiger partial charge in [-0.2, -0.15) is 0 Å². The van der Waals surface area contributed by atoms with Crippen molar-refractivity contribution in [2.75, 3.05) is 31.5 Å². The number of amides is 1. The number of quaternary nitrogens is 1. The number of anilines is 1. The number of carbonyl (C=O) groups is 3. The summed E-state index contributed by atoms with van der Waals surface area (Å²) in [5, 5.41) is 12.5. The maximum absolute atomic E-state index is 12.6. The van der Waals surface area contributed by atoms with Gasteiger partial charge < -0.3 is 36.0 Å². The van der Waals surface area contributed by atoms with Crippen molar-refractivity contribution in [3.63, 3.8) is 0 Å². The van der Waals surface area contributed by atoms with Crippen LogP contribution in [0, 0.1) is 5.92 Å². The Morgan fingerprint density at radius 2 is 1.59 bits per heavy atom. The van der Waals surface area contributed by atoms with E-state index in [4.69, 9.17) is 9.47 Å². The molecule has 0 aromatic heterocycles. The number of benzene rings is 2. The molecule has 37 heavy (non-hydrogen) atoms. The number of aromatic hydroxyl groups is 1. The lowest BCUT2D eigenvalue weighted by Gasteiger charge is -2.51. The fourth-order valence-corrected chi connectivity index (χ4v) is 4.83. The molecule has 2 bridgehead atoms. The molecule has 3 aliphatic heterocycles. The van der Waals surface area contributed by atoms with Gasteiger partial charge in [0.2, 0.25) is 5.78 Å². The van der Waals surface area contributed by atoms with Crippen molar-refractivity contribution in [3.05, 3.63) is 60.2 Å². The first-order valence-corrected chi connectivity index (χ1v) is 12.3. The Kier molecular flexibility index (Phi) is 10.7. The molecule has 1 amide bonds. The van der Waals surface area contributed by atoms with E-state index in [-0.39, 0.29) is 40.6 Å². The number of hydrogen-bond donors (Lipinski definition) is 2. The number of piperidine rings is 3. The fraction of sp³-hybridized carbons (Fsp3) is 0.464. The Hall–Kier alpha value is -2.91. The zero-order valence-electron chi connectivity index (χ0n) is 21.9. The number of para-hydroxylation sites is 2. The van der Waals surface area contributed by atoms with Crippen LogP contribution < -0.4 is 22.3 Å². The summed E-state index contributed by atoms with van der Waals surface area (Å²) >= 11 is 0. The molecule has 0 spiro atoms. The van der Waals surface area contributed by atoms with E-state index in [2.05, 4.69) is 5.32 Å². The maximum Gasteiger partial charge on any atom is 0.412 e. The molecule has 3 saturated heterocycles. The first-order valence-electron chi connectivity index (χ1n) is 12.3. The Morgan fingerprint density at radius 3 is 2.16 bits per heavy atom. The summed E-state index contributed by atoms with van der Waals surface area (Å²) in [7, 11) is 0. The molecule has 9 heteroatoms. The number of ether oxygens (including phenoxy) is 2. The second-order valence-corrected chi connectivity index (χ2v) is 10.5. The largest absolute Gasteiger partial charge is 1.00 e. The van der Waals surface area contributed by atoms with E-state index in [1.165, 1.54) is 13.0 Å². The quantitative estimate of drug-likeness (QED) is 0.319. The number of rotatable bonds is 5. The van der Waals surface area contributed by atoms with Crippen molar-refractivity contribution in [2.45, 2.75) is 52.2 Å². The maximum atomic E-state index is 12.6. The van der Waals surface area contributed by atoms with Gasteiger partial charge in [0, 0.05) is 31.4 Å². The van der Waals surface area contributed by atoms with Crippen molar-refractivity contribution in [1.29, 1.82) is 0 Å². The van der Waals surface area contributed by atoms with Gasteiger partial charge in [0.25, 0.3) is 0 Å². The summed E-state index contributed by atoms with van der Waals surface area (Å²) in [6.07, 6.45) is 1.48. The number of ketones is 1. The fourth-order valence-electron chi connectivity index (χ4n) is 4.83. The summed E-state index contributed by atoms with van der Waals surface area (Å²) in [6.45, 7) is 9.90. The molecule has 0 aliphatic carbocycles. The summed E-state index contributed by atoms with van der Waals surface area (Å²) in [4.78, 5) is 35.1. The standard InChI is InChI=1S/C17H21NO4.C11H15NO2.BrH/c1-12(19)22-17-11-18(8-6-13(17)7-9-18)10-16(21)14-4-2-3-5-15(14)20;1-11(2,3)14-10(13)12-9-7-5-4-6-8-9;/h2-5,13,17H,6-11H2,1H3;4-8H,1-3H3,(H,12,13);1H/t13?,17-,18?;;/m0../s1. The molecular weight excluding hydrogens is 540 g/mol. The Labute approximate surface area is 229 Å². The molecule has 2 N–H and O–H groups in total. The van der Waals surface area contributed by atoms with Crippen LogP contribution in [0.1, 0.15) is 50.9 Å². The normalized spacial score (nSPS) is 21.9. The number of nitrogens with one attached hydrogen (secondary N) is 1. The third kappa shape index (κ3) is 9.16. The van der Waals surface area contributed by atoms with Crippen LogP contribution >= 0.6 is 0 Å². The summed E-state index contributed by atoms with van der Waals surface area (Å²) < 4.78 is 11.2. The van der Waals surface area contributed by atoms with Crippen molar-refractivity contribution < 1.29 is 50.4 Å². The van der Waals surface area contributed by atoms with Crippen molar-refractivity contribution in [2.24, 2.45) is 5.92 Å². The summed E-state index contributed by atoms with van der Waals surface area (Å²) in [5.41, 5.74) is 0.660.